The third kappa shape index (κ3) is 3.40. The van der Waals surface area contributed by atoms with E-state index in [1.54, 1.807) is 0 Å². The Bertz CT molecular complexity index is 404. The number of morpholine rings is 1. The van der Waals surface area contributed by atoms with Crippen LogP contribution in [0.15, 0.2) is 24.3 Å². The summed E-state index contributed by atoms with van der Waals surface area (Å²) in [4.78, 5) is 2.54. The van der Waals surface area contributed by atoms with Gasteiger partial charge in [-0.3, -0.25) is 4.90 Å². The summed E-state index contributed by atoms with van der Waals surface area (Å²) >= 11 is 0. The van der Waals surface area contributed by atoms with E-state index in [9.17, 15) is 0 Å². The van der Waals surface area contributed by atoms with Crippen LogP contribution in [-0.4, -0.2) is 36.7 Å². The molecule has 0 spiro atoms. The van der Waals surface area contributed by atoms with Gasteiger partial charge in [-0.2, -0.15) is 0 Å². The van der Waals surface area contributed by atoms with Gasteiger partial charge < -0.3 is 10.5 Å². The van der Waals surface area contributed by atoms with Gasteiger partial charge in [-0.1, -0.05) is 38.1 Å². The third-order valence-corrected chi connectivity index (χ3v) is 4.38. The first-order chi connectivity index (χ1) is 9.69. The van der Waals surface area contributed by atoms with Crippen molar-refractivity contribution in [3.8, 4) is 0 Å². The van der Waals surface area contributed by atoms with Crippen LogP contribution in [0.3, 0.4) is 0 Å². The summed E-state index contributed by atoms with van der Waals surface area (Å²) in [5, 5.41) is 0. The molecule has 0 saturated carbocycles. The Hall–Kier alpha value is -0.900. The zero-order valence-corrected chi connectivity index (χ0v) is 13.0. The van der Waals surface area contributed by atoms with Gasteiger partial charge in [0.1, 0.15) is 0 Å². The van der Waals surface area contributed by atoms with Crippen LogP contribution in [0, 0.1) is 0 Å². The average Bonchev–Trinajstić information content (AvgIpc) is 2.49. The maximum atomic E-state index is 6.09. The van der Waals surface area contributed by atoms with Gasteiger partial charge >= 0.3 is 0 Å². The molecule has 0 aromatic heterocycles. The number of nitrogens with two attached hydrogens (primary N) is 1. The maximum absolute atomic E-state index is 6.09. The van der Waals surface area contributed by atoms with Crippen LogP contribution >= 0.6 is 0 Å². The van der Waals surface area contributed by atoms with Crippen LogP contribution in [0.25, 0.3) is 0 Å². The van der Waals surface area contributed by atoms with E-state index in [-0.39, 0.29) is 0 Å². The number of nitrogens with zero attached hydrogens (tertiary/aromatic N) is 1. The van der Waals surface area contributed by atoms with E-state index in [2.05, 4.69) is 49.9 Å². The topological polar surface area (TPSA) is 38.5 Å². The van der Waals surface area contributed by atoms with Crippen LogP contribution in [0.2, 0.25) is 0 Å². The van der Waals surface area contributed by atoms with E-state index >= 15 is 0 Å². The molecule has 112 valence electrons. The minimum Gasteiger partial charge on any atom is -0.376 e. The molecule has 20 heavy (non-hydrogen) atoms. The highest BCUT2D eigenvalue weighted by atomic mass is 16.5. The molecule has 3 atom stereocenters. The lowest BCUT2D eigenvalue weighted by Gasteiger charge is -2.43. The lowest BCUT2D eigenvalue weighted by molar-refractivity contribution is -0.0719. The number of hydrogen-bond acceptors (Lipinski definition) is 3. The first kappa shape index (κ1) is 15.5. The molecule has 2 rings (SSSR count). The second-order valence-corrected chi connectivity index (χ2v) is 5.75. The van der Waals surface area contributed by atoms with Crippen molar-refractivity contribution in [3.63, 3.8) is 0 Å². The Balaban J connectivity index is 2.19. The fraction of sp³-hybridized carbons (Fsp3) is 0.647. The van der Waals surface area contributed by atoms with Gasteiger partial charge in [0.2, 0.25) is 0 Å². The Labute approximate surface area is 123 Å². The summed E-state index contributed by atoms with van der Waals surface area (Å²) in [6.07, 6.45) is 2.48. The predicted molar refractivity (Wildman–Crippen MR) is 83.8 cm³/mol. The molecule has 1 heterocycles. The molecule has 2 N–H and O–H groups in total. The van der Waals surface area contributed by atoms with Crippen molar-refractivity contribution in [2.45, 2.75) is 51.8 Å². The first-order valence-electron chi connectivity index (χ1n) is 7.85. The fourth-order valence-corrected chi connectivity index (χ4v) is 3.04. The number of benzene rings is 1. The summed E-state index contributed by atoms with van der Waals surface area (Å²) in [5.41, 5.74) is 8.80. The molecule has 0 radical (unpaired) electrons. The summed E-state index contributed by atoms with van der Waals surface area (Å²) in [7, 11) is 0. The summed E-state index contributed by atoms with van der Waals surface area (Å²) in [6, 6.07) is 9.71. The fourth-order valence-electron chi connectivity index (χ4n) is 3.04. The Kier molecular flexibility index (Phi) is 5.58. The molecule has 0 aliphatic carbocycles. The standard InChI is InChI=1S/C17H28N2O/c1-4-14-6-8-15(9-7-14)17(10-18)19-11-13(3)20-12-16(19)5-2/h6-9,13,16-17H,4-5,10-12,18H2,1-3H3. The molecule has 3 heteroatoms. The van der Waals surface area contributed by atoms with Crippen LogP contribution < -0.4 is 5.73 Å². The monoisotopic (exact) mass is 276 g/mol. The number of ether oxygens (including phenoxy) is 1. The van der Waals surface area contributed by atoms with Crippen molar-refractivity contribution in [1.29, 1.82) is 0 Å². The van der Waals surface area contributed by atoms with Crippen LogP contribution in [0.5, 0.6) is 0 Å². The molecule has 0 bridgehead atoms. The van der Waals surface area contributed by atoms with E-state index in [4.69, 9.17) is 10.5 Å². The van der Waals surface area contributed by atoms with Crippen molar-refractivity contribution in [2.75, 3.05) is 19.7 Å². The quantitative estimate of drug-likeness (QED) is 0.898. The molecule has 3 nitrogen and oxygen atoms in total. The van der Waals surface area contributed by atoms with Gasteiger partial charge in [0.15, 0.2) is 0 Å². The van der Waals surface area contributed by atoms with E-state index in [1.807, 2.05) is 0 Å². The van der Waals surface area contributed by atoms with Crippen LogP contribution in [-0.2, 0) is 11.2 Å². The van der Waals surface area contributed by atoms with Gasteiger partial charge in [0.05, 0.1) is 12.7 Å². The van der Waals surface area contributed by atoms with Crippen molar-refractivity contribution in [1.82, 2.24) is 4.90 Å². The molecular weight excluding hydrogens is 248 g/mol. The van der Waals surface area contributed by atoms with Crippen molar-refractivity contribution < 1.29 is 4.74 Å². The van der Waals surface area contributed by atoms with Gasteiger partial charge in [0.25, 0.3) is 0 Å². The van der Waals surface area contributed by atoms with Crippen LogP contribution in [0.4, 0.5) is 0 Å². The van der Waals surface area contributed by atoms with Crippen molar-refractivity contribution in [3.05, 3.63) is 35.4 Å². The highest BCUT2D eigenvalue weighted by Crippen LogP contribution is 2.27. The molecule has 1 aromatic carbocycles. The summed E-state index contributed by atoms with van der Waals surface area (Å²) in [6.45, 7) is 9.01. The molecular formula is C17H28N2O. The van der Waals surface area contributed by atoms with Gasteiger partial charge in [-0.15, -0.1) is 0 Å². The Morgan fingerprint density at radius 1 is 1.30 bits per heavy atom. The zero-order valence-electron chi connectivity index (χ0n) is 13.0. The third-order valence-electron chi connectivity index (χ3n) is 4.38. The normalized spacial score (nSPS) is 25.6. The smallest absolute Gasteiger partial charge is 0.0675 e. The molecule has 1 saturated heterocycles. The number of hydrogen-bond donors (Lipinski definition) is 1. The minimum absolute atomic E-state index is 0.293. The van der Waals surface area contributed by atoms with Crippen molar-refractivity contribution >= 4 is 0 Å². The highest BCUT2D eigenvalue weighted by molar-refractivity contribution is 5.25. The largest absolute Gasteiger partial charge is 0.376 e. The minimum atomic E-state index is 0.293. The van der Waals surface area contributed by atoms with E-state index in [1.165, 1.54) is 11.1 Å². The second-order valence-electron chi connectivity index (χ2n) is 5.75. The van der Waals surface area contributed by atoms with Crippen LogP contribution in [0.1, 0.15) is 44.4 Å². The van der Waals surface area contributed by atoms with Crippen molar-refractivity contribution in [2.24, 2.45) is 5.73 Å². The van der Waals surface area contributed by atoms with E-state index < -0.39 is 0 Å². The molecule has 1 fully saturated rings. The Morgan fingerprint density at radius 2 is 2.00 bits per heavy atom. The van der Waals surface area contributed by atoms with Gasteiger partial charge in [0, 0.05) is 25.2 Å². The maximum Gasteiger partial charge on any atom is 0.0675 e. The molecule has 0 amide bonds. The lowest BCUT2D eigenvalue weighted by Crippen LogP contribution is -2.51. The number of rotatable bonds is 5. The summed E-state index contributed by atoms with van der Waals surface area (Å²) in [5.74, 6) is 0. The van der Waals surface area contributed by atoms with Gasteiger partial charge in [-0.25, -0.2) is 0 Å². The molecule has 1 aliphatic heterocycles. The highest BCUT2D eigenvalue weighted by Gasteiger charge is 2.31. The lowest BCUT2D eigenvalue weighted by atomic mass is 9.99. The first-order valence-corrected chi connectivity index (χ1v) is 7.85. The Morgan fingerprint density at radius 3 is 2.55 bits per heavy atom. The average molecular weight is 276 g/mol. The van der Waals surface area contributed by atoms with E-state index in [0.29, 0.717) is 24.7 Å². The van der Waals surface area contributed by atoms with Gasteiger partial charge in [-0.05, 0) is 30.9 Å². The SMILES string of the molecule is CCc1ccc(C(CN)N2CC(C)OCC2CC)cc1. The molecule has 1 aromatic rings. The predicted octanol–water partition coefficient (Wildman–Crippen LogP) is 2.75. The number of aryl methyl sites for hydroxylation is 1. The second kappa shape index (κ2) is 7.21. The molecule has 3 unspecified atom stereocenters. The van der Waals surface area contributed by atoms with E-state index in [0.717, 1.165) is 26.0 Å². The summed E-state index contributed by atoms with van der Waals surface area (Å²) < 4.78 is 5.80. The zero-order chi connectivity index (χ0) is 14.5. The molecule has 1 aliphatic rings.